The summed E-state index contributed by atoms with van der Waals surface area (Å²) < 4.78 is 0. The number of rotatable bonds is 5. The predicted octanol–water partition coefficient (Wildman–Crippen LogP) is 2.28. The van der Waals surface area contributed by atoms with Crippen molar-refractivity contribution in [3.8, 4) is 0 Å². The van der Waals surface area contributed by atoms with E-state index in [-0.39, 0.29) is 11.9 Å². The summed E-state index contributed by atoms with van der Waals surface area (Å²) in [4.78, 5) is 15.3. The Kier molecular flexibility index (Phi) is 5.12. The van der Waals surface area contributed by atoms with Gasteiger partial charge in [0.2, 0.25) is 5.91 Å². The van der Waals surface area contributed by atoms with Gasteiger partial charge >= 0.3 is 0 Å². The molecule has 0 aromatic carbocycles. The van der Waals surface area contributed by atoms with Gasteiger partial charge in [0.05, 0.1) is 6.04 Å². The van der Waals surface area contributed by atoms with Crippen molar-refractivity contribution in [2.75, 3.05) is 5.88 Å². The summed E-state index contributed by atoms with van der Waals surface area (Å²) in [6.45, 7) is 1.95. The van der Waals surface area contributed by atoms with Crippen LogP contribution < -0.4 is 5.32 Å². The Labute approximate surface area is 94.9 Å². The van der Waals surface area contributed by atoms with Gasteiger partial charge in [-0.15, -0.1) is 11.6 Å². The normalized spacial score (nSPS) is 12.1. The molecule has 0 saturated heterocycles. The molecule has 0 unspecified atom stereocenters. The molecule has 3 nitrogen and oxygen atoms in total. The summed E-state index contributed by atoms with van der Waals surface area (Å²) in [6, 6.07) is 3.81. The van der Waals surface area contributed by atoms with Crippen molar-refractivity contribution in [1.29, 1.82) is 0 Å². The van der Waals surface area contributed by atoms with Gasteiger partial charge in [0, 0.05) is 24.7 Å². The number of nitrogens with one attached hydrogen (secondary N) is 1. The van der Waals surface area contributed by atoms with Crippen molar-refractivity contribution >= 4 is 17.5 Å². The summed E-state index contributed by atoms with van der Waals surface area (Å²) in [7, 11) is 0. The van der Waals surface area contributed by atoms with Crippen LogP contribution in [-0.4, -0.2) is 16.8 Å². The second kappa shape index (κ2) is 6.40. The van der Waals surface area contributed by atoms with Crippen LogP contribution in [0.15, 0.2) is 24.5 Å². The molecule has 0 bridgehead atoms. The number of hydrogen-bond acceptors (Lipinski definition) is 2. The van der Waals surface area contributed by atoms with Crippen molar-refractivity contribution in [2.45, 2.75) is 25.8 Å². The van der Waals surface area contributed by atoms with E-state index in [1.807, 2.05) is 19.1 Å². The third kappa shape index (κ3) is 4.30. The maximum atomic E-state index is 11.4. The van der Waals surface area contributed by atoms with Gasteiger partial charge in [-0.3, -0.25) is 9.78 Å². The molecule has 0 fully saturated rings. The Bertz CT molecular complexity index is 303. The summed E-state index contributed by atoms with van der Waals surface area (Å²) in [6.07, 6.45) is 4.64. The van der Waals surface area contributed by atoms with E-state index in [9.17, 15) is 4.79 Å². The van der Waals surface area contributed by atoms with Crippen LogP contribution in [0.2, 0.25) is 0 Å². The third-order valence-electron chi connectivity index (χ3n) is 2.12. The van der Waals surface area contributed by atoms with E-state index >= 15 is 0 Å². The van der Waals surface area contributed by atoms with Crippen LogP contribution in [0.5, 0.6) is 0 Å². The highest BCUT2D eigenvalue weighted by Gasteiger charge is 2.08. The lowest BCUT2D eigenvalue weighted by Crippen LogP contribution is -2.26. The first-order valence-electron chi connectivity index (χ1n) is 4.99. The van der Waals surface area contributed by atoms with E-state index in [0.717, 1.165) is 12.0 Å². The molecule has 0 aliphatic rings. The van der Waals surface area contributed by atoms with E-state index in [1.165, 1.54) is 0 Å². The van der Waals surface area contributed by atoms with E-state index in [0.29, 0.717) is 12.3 Å². The van der Waals surface area contributed by atoms with Crippen LogP contribution in [-0.2, 0) is 4.79 Å². The van der Waals surface area contributed by atoms with Gasteiger partial charge in [-0.05, 0) is 31.0 Å². The van der Waals surface area contributed by atoms with Crippen molar-refractivity contribution < 1.29 is 4.79 Å². The average Bonchev–Trinajstić information content (AvgIpc) is 2.27. The quantitative estimate of drug-likeness (QED) is 0.783. The van der Waals surface area contributed by atoms with E-state index in [2.05, 4.69) is 10.3 Å². The van der Waals surface area contributed by atoms with E-state index in [1.54, 1.807) is 12.4 Å². The highest BCUT2D eigenvalue weighted by atomic mass is 35.5. The van der Waals surface area contributed by atoms with Crippen LogP contribution in [0.1, 0.15) is 31.4 Å². The molecule has 0 spiro atoms. The van der Waals surface area contributed by atoms with Crippen LogP contribution in [0.3, 0.4) is 0 Å². The monoisotopic (exact) mass is 226 g/mol. The Balaban J connectivity index is 2.42. The van der Waals surface area contributed by atoms with Gasteiger partial charge < -0.3 is 5.32 Å². The molecule has 0 aliphatic carbocycles. The van der Waals surface area contributed by atoms with Crippen LogP contribution >= 0.6 is 11.6 Å². The average molecular weight is 227 g/mol. The molecule has 1 heterocycles. The smallest absolute Gasteiger partial charge is 0.220 e. The molecule has 0 saturated carbocycles. The number of pyridine rings is 1. The first-order valence-corrected chi connectivity index (χ1v) is 5.52. The second-order valence-electron chi connectivity index (χ2n) is 3.36. The molecule has 15 heavy (non-hydrogen) atoms. The zero-order valence-corrected chi connectivity index (χ0v) is 9.50. The molecule has 1 aromatic rings. The van der Waals surface area contributed by atoms with Crippen molar-refractivity contribution in [3.05, 3.63) is 30.1 Å². The van der Waals surface area contributed by atoms with Gasteiger partial charge in [0.1, 0.15) is 0 Å². The number of alkyl halides is 1. The first kappa shape index (κ1) is 12.0. The van der Waals surface area contributed by atoms with Crippen LogP contribution in [0.4, 0.5) is 0 Å². The second-order valence-corrected chi connectivity index (χ2v) is 3.74. The summed E-state index contributed by atoms with van der Waals surface area (Å²) in [5, 5.41) is 2.91. The van der Waals surface area contributed by atoms with Crippen LogP contribution in [0, 0.1) is 0 Å². The highest BCUT2D eigenvalue weighted by molar-refractivity contribution is 6.17. The fraction of sp³-hybridized carbons (Fsp3) is 0.455. The zero-order valence-electron chi connectivity index (χ0n) is 8.74. The largest absolute Gasteiger partial charge is 0.350 e. The molecule has 82 valence electrons. The fourth-order valence-electron chi connectivity index (χ4n) is 1.28. The summed E-state index contributed by atoms with van der Waals surface area (Å²) >= 11 is 5.51. The predicted molar refractivity (Wildman–Crippen MR) is 60.7 cm³/mol. The first-order chi connectivity index (χ1) is 7.24. The van der Waals surface area contributed by atoms with Gasteiger partial charge in [-0.1, -0.05) is 0 Å². The molecular weight excluding hydrogens is 212 g/mol. The maximum Gasteiger partial charge on any atom is 0.220 e. The standard InChI is InChI=1S/C11H15ClN2O/c1-9(10-4-7-13-8-5-10)14-11(15)3-2-6-12/h4-5,7-9H,2-3,6H2,1H3,(H,14,15)/t9-/m0/s1. The number of carbonyl (C=O) groups is 1. The number of hydrogen-bond donors (Lipinski definition) is 1. The highest BCUT2D eigenvalue weighted by Crippen LogP contribution is 2.10. The minimum absolute atomic E-state index is 0.0239. The molecule has 0 aliphatic heterocycles. The van der Waals surface area contributed by atoms with Gasteiger partial charge in [0.25, 0.3) is 0 Å². The Hall–Kier alpha value is -1.09. The topological polar surface area (TPSA) is 42.0 Å². The maximum absolute atomic E-state index is 11.4. The lowest BCUT2D eigenvalue weighted by atomic mass is 10.1. The molecule has 1 amide bonds. The van der Waals surface area contributed by atoms with E-state index < -0.39 is 0 Å². The number of amides is 1. The molecule has 1 atom stereocenters. The number of aromatic nitrogens is 1. The van der Waals surface area contributed by atoms with Crippen LogP contribution in [0.25, 0.3) is 0 Å². The fourth-order valence-corrected chi connectivity index (χ4v) is 1.41. The minimum atomic E-state index is 0.0239. The lowest BCUT2D eigenvalue weighted by Gasteiger charge is -2.13. The number of carbonyl (C=O) groups excluding carboxylic acids is 1. The molecule has 1 N–H and O–H groups in total. The third-order valence-corrected chi connectivity index (χ3v) is 2.39. The van der Waals surface area contributed by atoms with Gasteiger partial charge in [0.15, 0.2) is 0 Å². The molecule has 1 rings (SSSR count). The molecular formula is C11H15ClN2O. The number of nitrogens with zero attached hydrogens (tertiary/aromatic N) is 1. The molecule has 1 aromatic heterocycles. The Morgan fingerprint density at radius 3 is 2.80 bits per heavy atom. The Morgan fingerprint density at radius 2 is 2.20 bits per heavy atom. The van der Waals surface area contributed by atoms with Crippen molar-refractivity contribution in [2.24, 2.45) is 0 Å². The zero-order chi connectivity index (χ0) is 11.1. The van der Waals surface area contributed by atoms with Crippen molar-refractivity contribution in [3.63, 3.8) is 0 Å². The van der Waals surface area contributed by atoms with E-state index in [4.69, 9.17) is 11.6 Å². The Morgan fingerprint density at radius 1 is 1.53 bits per heavy atom. The minimum Gasteiger partial charge on any atom is -0.350 e. The SMILES string of the molecule is C[C@H](NC(=O)CCCCl)c1ccncc1. The van der Waals surface area contributed by atoms with Crippen molar-refractivity contribution in [1.82, 2.24) is 10.3 Å². The van der Waals surface area contributed by atoms with Gasteiger partial charge in [-0.2, -0.15) is 0 Å². The molecule has 4 heteroatoms. The summed E-state index contributed by atoms with van der Waals surface area (Å²) in [5.41, 5.74) is 1.06. The lowest BCUT2D eigenvalue weighted by molar-refractivity contribution is -0.121. The number of halogens is 1. The molecule has 0 radical (unpaired) electrons. The van der Waals surface area contributed by atoms with Gasteiger partial charge in [-0.25, -0.2) is 0 Å². The summed E-state index contributed by atoms with van der Waals surface area (Å²) in [5.74, 6) is 0.566.